The molecule has 0 aromatic rings. The zero-order valence-electron chi connectivity index (χ0n) is 21.5. The predicted octanol–water partition coefficient (Wildman–Crippen LogP) is 9.13. The largest absolute Gasteiger partial charge is 0.501 e. The lowest BCUT2D eigenvalue weighted by Gasteiger charge is -2.07. The zero-order valence-corrected chi connectivity index (χ0v) is 21.5. The Bertz CT molecular complexity index is 376. The van der Waals surface area contributed by atoms with Crippen molar-refractivity contribution in [2.45, 2.75) is 130 Å². The molecule has 3 heteroatoms. The third-order valence-electron chi connectivity index (χ3n) is 5.71. The highest BCUT2D eigenvalue weighted by Gasteiger charge is 1.97. The van der Waals surface area contributed by atoms with Crippen molar-refractivity contribution in [2.75, 3.05) is 26.4 Å². The van der Waals surface area contributed by atoms with Gasteiger partial charge in [0.25, 0.3) is 0 Å². The molecule has 31 heavy (non-hydrogen) atoms. The molecular formula is C28H54O3. The van der Waals surface area contributed by atoms with Crippen LogP contribution in [-0.2, 0) is 14.2 Å². The zero-order chi connectivity index (χ0) is 22.8. The lowest BCUT2D eigenvalue weighted by molar-refractivity contribution is 0.124. The van der Waals surface area contributed by atoms with E-state index in [1.165, 1.54) is 88.2 Å². The number of rotatable bonds is 24. The number of hydrogen-bond acceptors (Lipinski definition) is 3. The van der Waals surface area contributed by atoms with Crippen LogP contribution in [0, 0.1) is 0 Å². The fourth-order valence-corrected chi connectivity index (χ4v) is 3.39. The van der Waals surface area contributed by atoms with Gasteiger partial charge in [0, 0.05) is 13.2 Å². The van der Waals surface area contributed by atoms with Crippen LogP contribution in [0.4, 0.5) is 0 Å². The average molecular weight is 439 g/mol. The fourth-order valence-electron chi connectivity index (χ4n) is 3.39. The molecule has 0 unspecified atom stereocenters. The van der Waals surface area contributed by atoms with E-state index in [4.69, 9.17) is 14.2 Å². The van der Waals surface area contributed by atoms with Crippen LogP contribution < -0.4 is 0 Å². The van der Waals surface area contributed by atoms with Gasteiger partial charge in [-0.2, -0.15) is 0 Å². The molecule has 0 aromatic heterocycles. The maximum absolute atomic E-state index is 5.77. The summed E-state index contributed by atoms with van der Waals surface area (Å²) in [5, 5.41) is 0. The van der Waals surface area contributed by atoms with Gasteiger partial charge in [0.1, 0.15) is 0 Å². The summed E-state index contributed by atoms with van der Waals surface area (Å²) in [6.07, 6.45) is 23.3. The molecule has 0 aliphatic heterocycles. The van der Waals surface area contributed by atoms with Gasteiger partial charge in [-0.1, -0.05) is 53.4 Å². The highest BCUT2D eigenvalue weighted by Crippen LogP contribution is 2.12. The van der Waals surface area contributed by atoms with E-state index in [1.807, 2.05) is 12.5 Å². The second-order valence-electron chi connectivity index (χ2n) is 8.65. The normalized spacial score (nSPS) is 12.4. The third kappa shape index (κ3) is 22.0. The quantitative estimate of drug-likeness (QED) is 0.111. The Kier molecular flexibility index (Phi) is 24.5. The molecule has 0 amide bonds. The van der Waals surface area contributed by atoms with E-state index in [2.05, 4.69) is 27.7 Å². The van der Waals surface area contributed by atoms with E-state index in [0.29, 0.717) is 0 Å². The molecule has 0 rings (SSSR count). The molecule has 0 saturated heterocycles. The summed E-state index contributed by atoms with van der Waals surface area (Å²) in [5.41, 5.74) is 2.90. The van der Waals surface area contributed by atoms with E-state index < -0.39 is 0 Å². The maximum atomic E-state index is 5.77. The van der Waals surface area contributed by atoms with E-state index in [9.17, 15) is 0 Å². The molecule has 0 fully saturated rings. The first kappa shape index (κ1) is 30.0. The Morgan fingerprint density at radius 3 is 1.23 bits per heavy atom. The highest BCUT2D eigenvalue weighted by molar-refractivity contribution is 4.97. The summed E-state index contributed by atoms with van der Waals surface area (Å²) in [5.74, 6) is 0. The molecule has 0 N–H and O–H groups in total. The number of hydrogen-bond donors (Lipinski definition) is 0. The Morgan fingerprint density at radius 1 is 0.484 bits per heavy atom. The molecule has 0 aliphatic carbocycles. The van der Waals surface area contributed by atoms with Crippen molar-refractivity contribution in [3.63, 3.8) is 0 Å². The van der Waals surface area contributed by atoms with Crippen LogP contribution >= 0.6 is 0 Å². The fraction of sp³-hybridized carbons (Fsp3) is 0.857. The predicted molar refractivity (Wildman–Crippen MR) is 135 cm³/mol. The van der Waals surface area contributed by atoms with Gasteiger partial charge >= 0.3 is 0 Å². The lowest BCUT2D eigenvalue weighted by Crippen LogP contribution is -1.98. The van der Waals surface area contributed by atoms with Crippen molar-refractivity contribution in [3.8, 4) is 0 Å². The first-order chi connectivity index (χ1) is 15.3. The van der Waals surface area contributed by atoms with Crippen molar-refractivity contribution in [2.24, 2.45) is 0 Å². The minimum absolute atomic E-state index is 0.856. The molecule has 0 spiro atoms. The smallest absolute Gasteiger partial charge is 0.0873 e. The summed E-state index contributed by atoms with van der Waals surface area (Å²) in [4.78, 5) is 0. The van der Waals surface area contributed by atoms with E-state index in [0.717, 1.165) is 52.1 Å². The molecule has 0 bridgehead atoms. The summed E-state index contributed by atoms with van der Waals surface area (Å²) in [7, 11) is 0. The minimum atomic E-state index is 0.856. The standard InChI is InChI=1S/C28H54O3/c1-5-9-19-27(7-3)25-30-23-17-13-11-15-21-29-22-16-12-14-18-24-31-26-28(8-4)20-10-6-2/h25-26H,5-24H2,1-4H3. The number of unbranched alkanes of at least 4 members (excludes halogenated alkanes) is 8. The molecule has 0 aliphatic rings. The summed E-state index contributed by atoms with van der Waals surface area (Å²) < 4.78 is 17.2. The van der Waals surface area contributed by atoms with Crippen molar-refractivity contribution in [1.29, 1.82) is 0 Å². The molecule has 0 heterocycles. The van der Waals surface area contributed by atoms with Gasteiger partial charge in [-0.15, -0.1) is 0 Å². The van der Waals surface area contributed by atoms with Crippen LogP contribution in [0.25, 0.3) is 0 Å². The van der Waals surface area contributed by atoms with E-state index >= 15 is 0 Å². The molecule has 0 aromatic carbocycles. The monoisotopic (exact) mass is 438 g/mol. The van der Waals surface area contributed by atoms with Crippen molar-refractivity contribution in [3.05, 3.63) is 23.7 Å². The van der Waals surface area contributed by atoms with Gasteiger partial charge in [-0.25, -0.2) is 0 Å². The Labute approximate surface area is 195 Å². The van der Waals surface area contributed by atoms with Crippen molar-refractivity contribution < 1.29 is 14.2 Å². The van der Waals surface area contributed by atoms with E-state index in [1.54, 1.807) is 0 Å². The molecular weight excluding hydrogens is 384 g/mol. The minimum Gasteiger partial charge on any atom is -0.501 e. The average Bonchev–Trinajstić information content (AvgIpc) is 2.79. The van der Waals surface area contributed by atoms with E-state index in [-0.39, 0.29) is 0 Å². The van der Waals surface area contributed by atoms with Crippen LogP contribution in [-0.4, -0.2) is 26.4 Å². The first-order valence-corrected chi connectivity index (χ1v) is 13.4. The summed E-state index contributed by atoms with van der Waals surface area (Å²) >= 11 is 0. The van der Waals surface area contributed by atoms with Crippen LogP contribution in [0.1, 0.15) is 130 Å². The van der Waals surface area contributed by atoms with Crippen LogP contribution in [0.3, 0.4) is 0 Å². The molecule has 0 atom stereocenters. The van der Waals surface area contributed by atoms with Gasteiger partial charge < -0.3 is 14.2 Å². The van der Waals surface area contributed by atoms with Crippen LogP contribution in [0.2, 0.25) is 0 Å². The molecule has 3 nitrogen and oxygen atoms in total. The Hall–Kier alpha value is -0.960. The molecule has 184 valence electrons. The highest BCUT2D eigenvalue weighted by atomic mass is 16.5. The topological polar surface area (TPSA) is 27.7 Å². The van der Waals surface area contributed by atoms with Crippen LogP contribution in [0.15, 0.2) is 23.7 Å². The molecule has 0 radical (unpaired) electrons. The van der Waals surface area contributed by atoms with Crippen molar-refractivity contribution >= 4 is 0 Å². The van der Waals surface area contributed by atoms with Gasteiger partial charge in [0.05, 0.1) is 25.7 Å². The van der Waals surface area contributed by atoms with Gasteiger partial charge in [-0.3, -0.25) is 0 Å². The van der Waals surface area contributed by atoms with Gasteiger partial charge in [0.15, 0.2) is 0 Å². The number of allylic oxidation sites excluding steroid dienone is 2. The van der Waals surface area contributed by atoms with Gasteiger partial charge in [0.2, 0.25) is 0 Å². The Balaban J connectivity index is 3.33. The first-order valence-electron chi connectivity index (χ1n) is 13.4. The summed E-state index contributed by atoms with van der Waals surface area (Å²) in [6.45, 7) is 12.4. The third-order valence-corrected chi connectivity index (χ3v) is 5.71. The van der Waals surface area contributed by atoms with Gasteiger partial charge in [-0.05, 0) is 88.2 Å². The number of ether oxygens (including phenoxy) is 3. The van der Waals surface area contributed by atoms with Crippen LogP contribution in [0.5, 0.6) is 0 Å². The summed E-state index contributed by atoms with van der Waals surface area (Å²) in [6, 6.07) is 0. The van der Waals surface area contributed by atoms with Crippen molar-refractivity contribution in [1.82, 2.24) is 0 Å². The maximum Gasteiger partial charge on any atom is 0.0873 e. The molecule has 0 saturated carbocycles. The SMILES string of the molecule is CCCCC(=COCCCCCCOCCCCCCOC=C(CC)CCCC)CC. The second-order valence-corrected chi connectivity index (χ2v) is 8.65. The Morgan fingerprint density at radius 2 is 0.871 bits per heavy atom. The second kappa shape index (κ2) is 25.3. The lowest BCUT2D eigenvalue weighted by atomic mass is 10.1.